The van der Waals surface area contributed by atoms with Crippen LogP contribution in [0.2, 0.25) is 0 Å². The van der Waals surface area contributed by atoms with E-state index in [1.54, 1.807) is 4.52 Å². The fourth-order valence-electron chi connectivity index (χ4n) is 0.649. The van der Waals surface area contributed by atoms with Crippen molar-refractivity contribution in [1.29, 1.82) is 0 Å². The standard InChI is InChI=1S/C4HBr2N3S/c5-2-1-9-4(7-2)10-3(6)8-9/h1H. The summed E-state index contributed by atoms with van der Waals surface area (Å²) in [7, 11) is 0. The van der Waals surface area contributed by atoms with Gasteiger partial charge in [0.1, 0.15) is 4.60 Å². The maximum Gasteiger partial charge on any atom is 0.214 e. The second-order valence-electron chi connectivity index (χ2n) is 1.65. The number of hydrogen-bond donors (Lipinski definition) is 0. The number of aromatic nitrogens is 3. The average Bonchev–Trinajstić information content (AvgIpc) is 2.21. The summed E-state index contributed by atoms with van der Waals surface area (Å²) in [5.74, 6) is 0. The summed E-state index contributed by atoms with van der Waals surface area (Å²) in [4.78, 5) is 5.03. The van der Waals surface area contributed by atoms with Crippen LogP contribution in [0.4, 0.5) is 0 Å². The molecule has 0 aliphatic rings. The van der Waals surface area contributed by atoms with Crippen LogP contribution in [0.5, 0.6) is 0 Å². The molecule has 2 aromatic rings. The molecule has 3 nitrogen and oxygen atoms in total. The minimum absolute atomic E-state index is 0.818. The van der Waals surface area contributed by atoms with Gasteiger partial charge in [0.2, 0.25) is 4.96 Å². The predicted molar refractivity (Wildman–Crippen MR) is 46.3 cm³/mol. The van der Waals surface area contributed by atoms with E-state index in [4.69, 9.17) is 0 Å². The van der Waals surface area contributed by atoms with E-state index >= 15 is 0 Å². The third kappa shape index (κ3) is 0.998. The maximum atomic E-state index is 4.14. The first-order chi connectivity index (χ1) is 4.75. The van der Waals surface area contributed by atoms with Gasteiger partial charge in [-0.2, -0.15) is 0 Å². The summed E-state index contributed by atoms with van der Waals surface area (Å²) >= 11 is 8.01. The average molecular weight is 283 g/mol. The highest BCUT2D eigenvalue weighted by molar-refractivity contribution is 9.11. The molecule has 0 fully saturated rings. The van der Waals surface area contributed by atoms with E-state index in [0.717, 1.165) is 13.5 Å². The van der Waals surface area contributed by atoms with E-state index < -0.39 is 0 Å². The molecule has 2 aromatic heterocycles. The zero-order valence-electron chi connectivity index (χ0n) is 4.58. The Morgan fingerprint density at radius 2 is 2.30 bits per heavy atom. The van der Waals surface area contributed by atoms with E-state index in [1.165, 1.54) is 11.3 Å². The molecule has 2 heterocycles. The van der Waals surface area contributed by atoms with Crippen molar-refractivity contribution >= 4 is 48.2 Å². The van der Waals surface area contributed by atoms with Crippen LogP contribution >= 0.6 is 43.2 Å². The molecule has 0 spiro atoms. The van der Waals surface area contributed by atoms with Crippen LogP contribution in [0.1, 0.15) is 0 Å². The summed E-state index contributed by atoms with van der Waals surface area (Å²) in [6, 6.07) is 0. The molecule has 6 heteroatoms. The molecule has 0 aliphatic carbocycles. The van der Waals surface area contributed by atoms with Crippen molar-refractivity contribution in [1.82, 2.24) is 14.6 Å². The minimum atomic E-state index is 0.818. The van der Waals surface area contributed by atoms with E-state index in [9.17, 15) is 0 Å². The fourth-order valence-corrected chi connectivity index (χ4v) is 2.34. The van der Waals surface area contributed by atoms with Crippen LogP contribution in [-0.4, -0.2) is 14.6 Å². The Morgan fingerprint density at radius 3 is 3.00 bits per heavy atom. The number of nitrogens with zero attached hydrogens (tertiary/aromatic N) is 3. The van der Waals surface area contributed by atoms with Gasteiger partial charge in [-0.3, -0.25) is 0 Å². The lowest BCUT2D eigenvalue weighted by atomic mass is 11.0. The Kier molecular flexibility index (Phi) is 1.54. The molecule has 52 valence electrons. The summed E-state index contributed by atoms with van der Waals surface area (Å²) in [6.07, 6.45) is 1.82. The molecule has 0 aliphatic heterocycles. The number of fused-ring (bicyclic) bond motifs is 1. The third-order valence-corrected chi connectivity index (χ3v) is 2.73. The number of hydrogen-bond acceptors (Lipinski definition) is 3. The molecular weight excluding hydrogens is 282 g/mol. The molecule has 0 N–H and O–H groups in total. The molecule has 0 saturated heterocycles. The second kappa shape index (κ2) is 2.28. The Bertz CT molecular complexity index is 302. The van der Waals surface area contributed by atoms with Gasteiger partial charge in [-0.15, -0.1) is 5.10 Å². The van der Waals surface area contributed by atoms with E-state index in [-0.39, 0.29) is 0 Å². The van der Waals surface area contributed by atoms with Gasteiger partial charge >= 0.3 is 0 Å². The first kappa shape index (κ1) is 6.75. The molecule has 0 saturated carbocycles. The largest absolute Gasteiger partial charge is 0.214 e. The van der Waals surface area contributed by atoms with Gasteiger partial charge < -0.3 is 0 Å². The minimum Gasteiger partial charge on any atom is -0.210 e. The van der Waals surface area contributed by atoms with Gasteiger partial charge in [0, 0.05) is 0 Å². The first-order valence-corrected chi connectivity index (χ1v) is 4.83. The zero-order chi connectivity index (χ0) is 7.14. The molecule has 0 bridgehead atoms. The molecule has 0 atom stereocenters. The normalized spacial score (nSPS) is 11.0. The van der Waals surface area contributed by atoms with Crippen molar-refractivity contribution in [2.75, 3.05) is 0 Å². The van der Waals surface area contributed by atoms with Crippen molar-refractivity contribution in [3.05, 3.63) is 14.7 Å². The van der Waals surface area contributed by atoms with E-state index in [2.05, 4.69) is 41.9 Å². The predicted octanol–water partition coefficient (Wildman–Crippen LogP) is 2.32. The number of halogens is 2. The Morgan fingerprint density at radius 1 is 1.50 bits per heavy atom. The van der Waals surface area contributed by atoms with Gasteiger partial charge in [0.25, 0.3) is 0 Å². The second-order valence-corrected chi connectivity index (χ2v) is 4.69. The third-order valence-electron chi connectivity index (χ3n) is 0.989. The number of rotatable bonds is 0. The Balaban J connectivity index is 2.83. The molecule has 2 rings (SSSR count). The zero-order valence-corrected chi connectivity index (χ0v) is 8.57. The van der Waals surface area contributed by atoms with Gasteiger partial charge in [-0.25, -0.2) is 9.50 Å². The summed E-state index contributed by atoms with van der Waals surface area (Å²) in [5.41, 5.74) is 0. The molecule has 0 aromatic carbocycles. The van der Waals surface area contributed by atoms with Crippen LogP contribution in [-0.2, 0) is 0 Å². The molecule has 0 unspecified atom stereocenters. The molecule has 10 heavy (non-hydrogen) atoms. The smallest absolute Gasteiger partial charge is 0.210 e. The van der Waals surface area contributed by atoms with Crippen LogP contribution in [0.25, 0.3) is 4.96 Å². The van der Waals surface area contributed by atoms with Crippen molar-refractivity contribution in [3.63, 3.8) is 0 Å². The molecule has 0 amide bonds. The van der Waals surface area contributed by atoms with Crippen LogP contribution in [0.15, 0.2) is 14.7 Å². The van der Waals surface area contributed by atoms with Gasteiger partial charge in [0.15, 0.2) is 3.92 Å². The lowest BCUT2D eigenvalue weighted by Crippen LogP contribution is -1.76. The summed E-state index contributed by atoms with van der Waals surface area (Å²) in [6.45, 7) is 0. The SMILES string of the molecule is Brc1cn2nc(Br)sc2n1. The van der Waals surface area contributed by atoms with Crippen LogP contribution in [0.3, 0.4) is 0 Å². The quantitative estimate of drug-likeness (QED) is 0.742. The maximum absolute atomic E-state index is 4.14. The van der Waals surface area contributed by atoms with E-state index in [0.29, 0.717) is 0 Å². The Labute approximate surface area is 77.3 Å². The van der Waals surface area contributed by atoms with Gasteiger partial charge in [-0.05, 0) is 31.9 Å². The lowest BCUT2D eigenvalue weighted by molar-refractivity contribution is 0.958. The topological polar surface area (TPSA) is 30.2 Å². The lowest BCUT2D eigenvalue weighted by Gasteiger charge is -1.72. The van der Waals surface area contributed by atoms with Crippen molar-refractivity contribution in [3.8, 4) is 0 Å². The highest BCUT2D eigenvalue weighted by Crippen LogP contribution is 2.20. The van der Waals surface area contributed by atoms with Crippen LogP contribution in [0, 0.1) is 0 Å². The van der Waals surface area contributed by atoms with Gasteiger partial charge in [0.05, 0.1) is 6.20 Å². The molecule has 0 radical (unpaired) electrons. The monoisotopic (exact) mass is 281 g/mol. The Hall–Kier alpha value is 0.0600. The summed E-state index contributed by atoms with van der Waals surface area (Å²) in [5, 5.41) is 4.09. The number of imidazole rings is 1. The highest BCUT2D eigenvalue weighted by atomic mass is 79.9. The van der Waals surface area contributed by atoms with Crippen molar-refractivity contribution in [2.24, 2.45) is 0 Å². The highest BCUT2D eigenvalue weighted by Gasteiger charge is 2.02. The van der Waals surface area contributed by atoms with Crippen molar-refractivity contribution < 1.29 is 0 Å². The van der Waals surface area contributed by atoms with E-state index in [1.807, 2.05) is 6.20 Å². The molecular formula is C4HBr2N3S. The van der Waals surface area contributed by atoms with Crippen LogP contribution < -0.4 is 0 Å². The summed E-state index contributed by atoms with van der Waals surface area (Å²) < 4.78 is 3.39. The van der Waals surface area contributed by atoms with Crippen molar-refractivity contribution in [2.45, 2.75) is 0 Å². The van der Waals surface area contributed by atoms with Gasteiger partial charge in [-0.1, -0.05) is 11.3 Å². The first-order valence-electron chi connectivity index (χ1n) is 2.43. The fraction of sp³-hybridized carbons (Fsp3) is 0.